The predicted molar refractivity (Wildman–Crippen MR) is 141 cm³/mol. The van der Waals surface area contributed by atoms with E-state index in [0.717, 1.165) is 61.6 Å². The number of aliphatic hydroxyl groups is 1. The van der Waals surface area contributed by atoms with Crippen LogP contribution in [0.5, 0.6) is 11.8 Å². The van der Waals surface area contributed by atoms with Gasteiger partial charge in [0.15, 0.2) is 5.82 Å². The third kappa shape index (κ3) is 4.63. The standard InChI is InChI=1S/C29H30FN5O4/c30-21-16-31-27(32-17-21)38-23-7-5-22(6-8-23)34-9-10-35(25-4-2-1-3-24(25)34)39-28(36)33-26-19-11-18-12-20(26)15-29(37,13-18)14-19/h1-8,16-20,26,37H,9-15H2,(H,33,36)/t18?,19-,20+,26?,29?. The monoisotopic (exact) mass is 531 g/mol. The molecule has 4 bridgehead atoms. The summed E-state index contributed by atoms with van der Waals surface area (Å²) >= 11 is 0. The molecule has 0 spiro atoms. The lowest BCUT2D eigenvalue weighted by Gasteiger charge is -2.57. The Bertz CT molecular complexity index is 1350. The van der Waals surface area contributed by atoms with Crippen LogP contribution in [0, 0.1) is 23.6 Å². The van der Waals surface area contributed by atoms with E-state index in [2.05, 4.69) is 20.2 Å². The van der Waals surface area contributed by atoms with E-state index in [-0.39, 0.29) is 12.1 Å². The molecule has 5 atom stereocenters. The van der Waals surface area contributed by atoms with Crippen molar-refractivity contribution in [1.82, 2.24) is 15.3 Å². The highest BCUT2D eigenvalue weighted by Crippen LogP contribution is 2.55. The Kier molecular flexibility index (Phi) is 5.80. The molecule has 3 unspecified atom stereocenters. The number of ether oxygens (including phenoxy) is 1. The fourth-order valence-corrected chi connectivity index (χ4v) is 7.33. The van der Waals surface area contributed by atoms with Gasteiger partial charge in [0.2, 0.25) is 0 Å². The molecule has 1 aromatic heterocycles. The number of aromatic nitrogens is 2. The second-order valence-electron chi connectivity index (χ2n) is 11.3. The first-order chi connectivity index (χ1) is 18.9. The molecule has 4 aliphatic carbocycles. The van der Waals surface area contributed by atoms with E-state index in [4.69, 9.17) is 9.57 Å². The van der Waals surface area contributed by atoms with Gasteiger partial charge in [0.05, 0.1) is 35.9 Å². The number of nitrogens with zero attached hydrogens (tertiary/aromatic N) is 4. The van der Waals surface area contributed by atoms with E-state index in [9.17, 15) is 14.3 Å². The molecule has 39 heavy (non-hydrogen) atoms. The van der Waals surface area contributed by atoms with Gasteiger partial charge in [0.25, 0.3) is 0 Å². The number of carbonyl (C=O) groups excluding carboxylic acids is 1. The number of amides is 1. The second kappa shape index (κ2) is 9.37. The quantitative estimate of drug-likeness (QED) is 0.477. The minimum absolute atomic E-state index is 0.0619. The van der Waals surface area contributed by atoms with Crippen molar-refractivity contribution in [2.75, 3.05) is 23.1 Å². The number of hydroxylamine groups is 1. The Balaban J connectivity index is 1.03. The molecule has 3 aromatic rings. The van der Waals surface area contributed by atoms with Crippen LogP contribution in [0.3, 0.4) is 0 Å². The van der Waals surface area contributed by atoms with Crippen molar-refractivity contribution in [1.29, 1.82) is 0 Å². The molecular weight excluding hydrogens is 501 g/mol. The molecule has 1 amide bonds. The van der Waals surface area contributed by atoms with Crippen LogP contribution in [-0.4, -0.2) is 45.9 Å². The molecule has 5 aliphatic rings. The van der Waals surface area contributed by atoms with E-state index in [0.29, 0.717) is 36.6 Å². The maximum Gasteiger partial charge on any atom is 0.431 e. The molecule has 4 saturated carbocycles. The summed E-state index contributed by atoms with van der Waals surface area (Å²) in [6.07, 6.45) is 6.28. The lowest BCUT2D eigenvalue weighted by molar-refractivity contribution is -0.137. The van der Waals surface area contributed by atoms with E-state index < -0.39 is 17.5 Å². The van der Waals surface area contributed by atoms with Gasteiger partial charge in [0, 0.05) is 18.3 Å². The molecule has 10 heteroatoms. The number of anilines is 3. The van der Waals surface area contributed by atoms with Crippen LogP contribution in [-0.2, 0) is 4.84 Å². The van der Waals surface area contributed by atoms with Crippen LogP contribution in [0.4, 0.5) is 26.2 Å². The summed E-state index contributed by atoms with van der Waals surface area (Å²) in [5.74, 6) is 1.23. The summed E-state index contributed by atoms with van der Waals surface area (Å²) < 4.78 is 18.7. The zero-order valence-corrected chi connectivity index (χ0v) is 21.4. The zero-order valence-electron chi connectivity index (χ0n) is 21.4. The number of para-hydroxylation sites is 2. The lowest BCUT2D eigenvalue weighted by Crippen LogP contribution is -2.62. The molecule has 2 heterocycles. The molecule has 2 aromatic carbocycles. The van der Waals surface area contributed by atoms with Crippen LogP contribution in [0.25, 0.3) is 0 Å². The van der Waals surface area contributed by atoms with Crippen molar-refractivity contribution in [3.63, 3.8) is 0 Å². The third-order valence-electron chi connectivity index (χ3n) is 8.64. The van der Waals surface area contributed by atoms with Crippen molar-refractivity contribution in [3.05, 3.63) is 66.7 Å². The molecule has 9 nitrogen and oxygen atoms in total. The van der Waals surface area contributed by atoms with Gasteiger partial charge in [-0.2, -0.15) is 0 Å². The summed E-state index contributed by atoms with van der Waals surface area (Å²) in [7, 11) is 0. The molecule has 4 fully saturated rings. The average Bonchev–Trinajstić information content (AvgIpc) is 2.92. The highest BCUT2D eigenvalue weighted by Gasteiger charge is 2.55. The van der Waals surface area contributed by atoms with Crippen LogP contribution in [0.1, 0.15) is 32.1 Å². The molecule has 0 saturated heterocycles. The SMILES string of the molecule is O=C(NC1[C@@H]2CC3C[C@H]1CC(O)(C3)C2)ON1CCN(c2ccc(Oc3ncc(F)cn3)cc2)c2ccccc21. The van der Waals surface area contributed by atoms with Crippen LogP contribution < -0.4 is 20.0 Å². The van der Waals surface area contributed by atoms with Gasteiger partial charge in [-0.3, -0.25) is 0 Å². The first-order valence-corrected chi connectivity index (χ1v) is 13.5. The highest BCUT2D eigenvalue weighted by atomic mass is 19.1. The number of hydrogen-bond donors (Lipinski definition) is 2. The summed E-state index contributed by atoms with van der Waals surface area (Å²) in [6.45, 7) is 1.10. The van der Waals surface area contributed by atoms with Crippen molar-refractivity contribution >= 4 is 23.2 Å². The van der Waals surface area contributed by atoms with Gasteiger partial charge >= 0.3 is 12.1 Å². The highest BCUT2D eigenvalue weighted by molar-refractivity contribution is 5.80. The number of rotatable bonds is 5. The number of fused-ring (bicyclic) bond motifs is 1. The van der Waals surface area contributed by atoms with Crippen molar-refractivity contribution in [3.8, 4) is 11.8 Å². The molecule has 0 radical (unpaired) electrons. The maximum absolute atomic E-state index is 13.1. The Morgan fingerprint density at radius 3 is 2.36 bits per heavy atom. The third-order valence-corrected chi connectivity index (χ3v) is 8.64. The largest absolute Gasteiger partial charge is 0.431 e. The molecular formula is C29H30FN5O4. The van der Waals surface area contributed by atoms with E-state index in [1.165, 1.54) is 0 Å². The van der Waals surface area contributed by atoms with Crippen molar-refractivity contribution in [2.24, 2.45) is 17.8 Å². The van der Waals surface area contributed by atoms with E-state index in [1.54, 1.807) is 5.06 Å². The Hall–Kier alpha value is -3.92. The van der Waals surface area contributed by atoms with E-state index >= 15 is 0 Å². The normalized spacial score (nSPS) is 28.7. The lowest BCUT2D eigenvalue weighted by atomic mass is 9.52. The fourth-order valence-electron chi connectivity index (χ4n) is 7.33. The maximum atomic E-state index is 13.1. The average molecular weight is 532 g/mol. The summed E-state index contributed by atoms with van der Waals surface area (Å²) in [6, 6.07) is 15.4. The van der Waals surface area contributed by atoms with Crippen LogP contribution in [0.2, 0.25) is 0 Å². The Morgan fingerprint density at radius 2 is 1.67 bits per heavy atom. The first-order valence-electron chi connectivity index (χ1n) is 13.5. The van der Waals surface area contributed by atoms with Gasteiger partial charge in [-0.1, -0.05) is 12.1 Å². The smallest absolute Gasteiger partial charge is 0.424 e. The van der Waals surface area contributed by atoms with Gasteiger partial charge in [-0.25, -0.2) is 24.2 Å². The summed E-state index contributed by atoms with van der Waals surface area (Å²) in [4.78, 5) is 28.7. The number of carbonyl (C=O) groups is 1. The summed E-state index contributed by atoms with van der Waals surface area (Å²) in [5.41, 5.74) is 2.14. The van der Waals surface area contributed by atoms with Crippen LogP contribution in [0.15, 0.2) is 60.9 Å². The van der Waals surface area contributed by atoms with Gasteiger partial charge in [0.1, 0.15) is 5.75 Å². The minimum Gasteiger partial charge on any atom is -0.424 e. The topological polar surface area (TPSA) is 100 Å². The van der Waals surface area contributed by atoms with Crippen LogP contribution >= 0.6 is 0 Å². The Labute approximate surface area is 225 Å². The predicted octanol–water partition coefficient (Wildman–Crippen LogP) is 4.95. The zero-order chi connectivity index (χ0) is 26.6. The fraction of sp³-hybridized carbons (Fsp3) is 0.414. The van der Waals surface area contributed by atoms with Gasteiger partial charge in [-0.05, 0) is 86.3 Å². The number of nitrogens with one attached hydrogen (secondary N) is 1. The number of halogens is 1. The van der Waals surface area contributed by atoms with Crippen molar-refractivity contribution < 1.29 is 23.9 Å². The number of hydrogen-bond acceptors (Lipinski definition) is 8. The molecule has 2 N–H and O–H groups in total. The summed E-state index contributed by atoms with van der Waals surface area (Å²) in [5, 5.41) is 15.7. The first kappa shape index (κ1) is 24.1. The van der Waals surface area contributed by atoms with Gasteiger partial charge in [-0.15, -0.1) is 0 Å². The second-order valence-corrected chi connectivity index (χ2v) is 11.3. The minimum atomic E-state index is -0.535. The van der Waals surface area contributed by atoms with Crippen molar-refractivity contribution in [2.45, 2.75) is 43.7 Å². The van der Waals surface area contributed by atoms with E-state index in [1.807, 2.05) is 48.5 Å². The molecule has 8 rings (SSSR count). The molecule has 202 valence electrons. The Morgan fingerprint density at radius 1 is 0.974 bits per heavy atom. The van der Waals surface area contributed by atoms with Gasteiger partial charge < -0.3 is 24.9 Å². The number of benzene rings is 2. The molecule has 1 aliphatic heterocycles.